The number of nitrogens with one attached hydrogen (secondary N) is 2. The average Bonchev–Trinajstić information content (AvgIpc) is 2.58. The van der Waals surface area contributed by atoms with Crippen molar-refractivity contribution in [2.45, 2.75) is 19.8 Å². The Balaban J connectivity index is 0.00000338. The maximum absolute atomic E-state index is 13.6. The van der Waals surface area contributed by atoms with Gasteiger partial charge in [-0.05, 0) is 61.2 Å². The van der Waals surface area contributed by atoms with E-state index < -0.39 is 11.6 Å². The Hall–Kier alpha value is -1.90. The van der Waals surface area contributed by atoms with Gasteiger partial charge < -0.3 is 15.7 Å². The Morgan fingerprint density at radius 1 is 1.08 bits per heavy atom. The molecule has 142 valence electrons. The number of phenolic OH excluding ortho intramolecular Hbond substituents is 1. The van der Waals surface area contributed by atoms with E-state index in [1.54, 1.807) is 18.2 Å². The van der Waals surface area contributed by atoms with Crippen LogP contribution in [0.4, 0.5) is 8.78 Å². The van der Waals surface area contributed by atoms with Gasteiger partial charge in [-0.3, -0.25) is 4.99 Å². The van der Waals surface area contributed by atoms with E-state index in [0.29, 0.717) is 37.6 Å². The van der Waals surface area contributed by atoms with Crippen molar-refractivity contribution >= 4 is 29.9 Å². The van der Waals surface area contributed by atoms with Crippen LogP contribution in [0.1, 0.15) is 18.1 Å². The molecule has 3 N–H and O–H groups in total. The first-order valence-corrected chi connectivity index (χ1v) is 8.32. The number of hydrogen-bond donors (Lipinski definition) is 3. The number of halogens is 3. The highest BCUT2D eigenvalue weighted by molar-refractivity contribution is 14.0. The molecule has 0 radical (unpaired) electrons. The van der Waals surface area contributed by atoms with Crippen LogP contribution in [0.15, 0.2) is 47.5 Å². The van der Waals surface area contributed by atoms with Gasteiger partial charge in [0.05, 0.1) is 0 Å². The monoisotopic (exact) mass is 475 g/mol. The van der Waals surface area contributed by atoms with Crippen LogP contribution in [0.3, 0.4) is 0 Å². The van der Waals surface area contributed by atoms with Gasteiger partial charge in [-0.15, -0.1) is 24.0 Å². The third-order valence-electron chi connectivity index (χ3n) is 3.62. The zero-order chi connectivity index (χ0) is 18.1. The largest absolute Gasteiger partial charge is 0.508 e. The summed E-state index contributed by atoms with van der Waals surface area (Å²) in [6.07, 6.45) is 1.06. The molecule has 0 aromatic heterocycles. The van der Waals surface area contributed by atoms with E-state index in [2.05, 4.69) is 15.6 Å². The molecule has 0 aliphatic rings. The molecular formula is C19H24F2IN3O. The fourth-order valence-corrected chi connectivity index (χ4v) is 2.40. The minimum Gasteiger partial charge on any atom is -0.508 e. The van der Waals surface area contributed by atoms with Crippen molar-refractivity contribution in [3.8, 4) is 5.75 Å². The van der Waals surface area contributed by atoms with Crippen LogP contribution < -0.4 is 10.6 Å². The summed E-state index contributed by atoms with van der Waals surface area (Å²) in [5, 5.41) is 15.8. The van der Waals surface area contributed by atoms with Gasteiger partial charge in [-0.1, -0.05) is 12.1 Å². The van der Waals surface area contributed by atoms with E-state index in [1.807, 2.05) is 13.0 Å². The second kappa shape index (κ2) is 11.7. The van der Waals surface area contributed by atoms with Crippen molar-refractivity contribution in [1.82, 2.24) is 10.6 Å². The Morgan fingerprint density at radius 3 is 2.62 bits per heavy atom. The van der Waals surface area contributed by atoms with Crippen LogP contribution >= 0.6 is 24.0 Å². The van der Waals surface area contributed by atoms with Crippen LogP contribution in [0, 0.1) is 11.6 Å². The lowest BCUT2D eigenvalue weighted by Gasteiger charge is -2.11. The average molecular weight is 475 g/mol. The van der Waals surface area contributed by atoms with Gasteiger partial charge in [0.25, 0.3) is 0 Å². The highest BCUT2D eigenvalue weighted by Crippen LogP contribution is 2.11. The molecule has 0 saturated heterocycles. The molecule has 0 unspecified atom stereocenters. The van der Waals surface area contributed by atoms with Gasteiger partial charge >= 0.3 is 0 Å². The molecule has 26 heavy (non-hydrogen) atoms. The molecule has 0 saturated carbocycles. The molecule has 0 bridgehead atoms. The molecular weight excluding hydrogens is 451 g/mol. The molecule has 0 amide bonds. The quantitative estimate of drug-likeness (QED) is 0.326. The van der Waals surface area contributed by atoms with Crippen molar-refractivity contribution in [1.29, 1.82) is 0 Å². The van der Waals surface area contributed by atoms with Crippen LogP contribution in [-0.4, -0.2) is 30.7 Å². The Kier molecular flexibility index (Phi) is 9.93. The Morgan fingerprint density at radius 2 is 1.88 bits per heavy atom. The molecule has 0 aliphatic heterocycles. The molecule has 0 spiro atoms. The Bertz CT molecular complexity index is 726. The maximum Gasteiger partial charge on any atom is 0.191 e. The number of benzene rings is 2. The van der Waals surface area contributed by atoms with Crippen molar-refractivity contribution in [3.63, 3.8) is 0 Å². The summed E-state index contributed by atoms with van der Waals surface area (Å²) in [6, 6.07) is 10.5. The summed E-state index contributed by atoms with van der Waals surface area (Å²) in [6.45, 7) is 3.65. The predicted molar refractivity (Wildman–Crippen MR) is 111 cm³/mol. The fraction of sp³-hybridized carbons (Fsp3) is 0.316. The van der Waals surface area contributed by atoms with E-state index in [0.717, 1.165) is 24.1 Å². The number of nitrogens with zero attached hydrogens (tertiary/aromatic N) is 1. The van der Waals surface area contributed by atoms with E-state index in [1.165, 1.54) is 6.07 Å². The van der Waals surface area contributed by atoms with Crippen molar-refractivity contribution < 1.29 is 13.9 Å². The standard InChI is InChI=1S/C19H23F2N3O.HI/c1-2-22-19(23-10-8-14-4-3-5-17(25)12-14)24-11-9-15-13-16(20)6-7-18(15)21;/h3-7,12-13,25H,2,8-11H2,1H3,(H2,22,23,24);1H. The summed E-state index contributed by atoms with van der Waals surface area (Å²) in [5.74, 6) is 0.00429. The summed E-state index contributed by atoms with van der Waals surface area (Å²) in [5.41, 5.74) is 1.34. The molecule has 0 heterocycles. The minimum atomic E-state index is -0.448. The van der Waals surface area contributed by atoms with Gasteiger partial charge in [0.1, 0.15) is 17.4 Å². The first-order chi connectivity index (χ1) is 12.1. The maximum atomic E-state index is 13.6. The lowest BCUT2D eigenvalue weighted by atomic mass is 10.1. The predicted octanol–water partition coefficient (Wildman–Crippen LogP) is 3.63. The second-order valence-electron chi connectivity index (χ2n) is 5.59. The van der Waals surface area contributed by atoms with Gasteiger partial charge in [0, 0.05) is 19.6 Å². The van der Waals surface area contributed by atoms with Gasteiger partial charge in [0.15, 0.2) is 5.96 Å². The van der Waals surface area contributed by atoms with Crippen molar-refractivity contribution in [2.24, 2.45) is 4.99 Å². The summed E-state index contributed by atoms with van der Waals surface area (Å²) < 4.78 is 26.8. The van der Waals surface area contributed by atoms with E-state index in [-0.39, 0.29) is 29.7 Å². The Labute approximate surface area is 169 Å². The third kappa shape index (κ3) is 7.55. The number of hydrogen-bond acceptors (Lipinski definition) is 2. The van der Waals surface area contributed by atoms with Gasteiger partial charge in [-0.25, -0.2) is 8.78 Å². The minimum absolute atomic E-state index is 0. The zero-order valence-corrected chi connectivity index (χ0v) is 17.0. The smallest absolute Gasteiger partial charge is 0.191 e. The summed E-state index contributed by atoms with van der Waals surface area (Å²) >= 11 is 0. The zero-order valence-electron chi connectivity index (χ0n) is 14.6. The molecule has 4 nitrogen and oxygen atoms in total. The van der Waals surface area contributed by atoms with Crippen LogP contribution in [0.25, 0.3) is 0 Å². The first-order valence-electron chi connectivity index (χ1n) is 8.32. The van der Waals surface area contributed by atoms with E-state index >= 15 is 0 Å². The molecule has 2 aromatic rings. The number of aromatic hydroxyl groups is 1. The molecule has 0 aliphatic carbocycles. The lowest BCUT2D eigenvalue weighted by Crippen LogP contribution is -2.38. The second-order valence-corrected chi connectivity index (χ2v) is 5.59. The summed E-state index contributed by atoms with van der Waals surface area (Å²) in [4.78, 5) is 4.38. The highest BCUT2D eigenvalue weighted by Gasteiger charge is 2.04. The van der Waals surface area contributed by atoms with Crippen molar-refractivity contribution in [2.75, 3.05) is 19.6 Å². The number of rotatable bonds is 7. The fourth-order valence-electron chi connectivity index (χ4n) is 2.40. The summed E-state index contributed by atoms with van der Waals surface area (Å²) in [7, 11) is 0. The number of phenols is 1. The SMILES string of the molecule is CCNC(=NCCc1cc(F)ccc1F)NCCc1cccc(O)c1.I. The topological polar surface area (TPSA) is 56.7 Å². The highest BCUT2D eigenvalue weighted by atomic mass is 127. The molecule has 0 atom stereocenters. The lowest BCUT2D eigenvalue weighted by molar-refractivity contribution is 0.474. The van der Waals surface area contributed by atoms with Crippen molar-refractivity contribution in [3.05, 3.63) is 65.2 Å². The molecule has 2 rings (SSSR count). The normalized spacial score (nSPS) is 11.0. The van der Waals surface area contributed by atoms with Crippen LogP contribution in [-0.2, 0) is 12.8 Å². The molecule has 0 fully saturated rings. The van der Waals surface area contributed by atoms with Gasteiger partial charge in [0.2, 0.25) is 0 Å². The molecule has 7 heteroatoms. The van der Waals surface area contributed by atoms with E-state index in [4.69, 9.17) is 0 Å². The van der Waals surface area contributed by atoms with Crippen LogP contribution in [0.2, 0.25) is 0 Å². The van der Waals surface area contributed by atoms with Gasteiger partial charge in [-0.2, -0.15) is 0 Å². The molecule has 2 aromatic carbocycles. The first kappa shape index (κ1) is 22.1. The van der Waals surface area contributed by atoms with Crippen LogP contribution in [0.5, 0.6) is 5.75 Å². The number of guanidine groups is 1. The number of aliphatic imine (C=N–C) groups is 1. The van der Waals surface area contributed by atoms with E-state index in [9.17, 15) is 13.9 Å². The third-order valence-corrected chi connectivity index (χ3v) is 3.62.